The molecule has 1 rings (SSSR count). The molecular weight excluding hydrogens is 508 g/mol. The summed E-state index contributed by atoms with van der Waals surface area (Å²) < 4.78 is 30.7. The summed E-state index contributed by atoms with van der Waals surface area (Å²) in [6.07, 6.45) is 20.6. The average molecular weight is 561 g/mol. The largest absolute Gasteiger partial charge is 0.748 e. The van der Waals surface area contributed by atoms with Crippen LogP contribution in [0.1, 0.15) is 117 Å². The van der Waals surface area contributed by atoms with Crippen LogP contribution in [0, 0.1) is 0 Å². The molecule has 0 radical (unpaired) electrons. The fraction of sp³-hybridized carbons (Fsp3) is 0.885. The first-order chi connectivity index (χ1) is 18.2. The number of rotatable bonds is 22. The standard InChI is InChI=1S/C25H48N6O2.CH4O3S/c1-3-5-7-9-11-13-15-17-24(32)26-19-21-30-23-31(29-28-30)22-20-27-25(33)18-16-14-12-10-8-6-4-2;1-5(2,3)4/h23H,3-22H2,1-2H3,(H-,26,27,32,33);1H3,(H,2,3,4). The van der Waals surface area contributed by atoms with E-state index in [1.165, 1.54) is 64.2 Å². The lowest BCUT2D eigenvalue weighted by atomic mass is 10.1. The molecule has 0 saturated carbocycles. The van der Waals surface area contributed by atoms with E-state index in [9.17, 15) is 9.59 Å². The Kier molecular flexibility index (Phi) is 22.7. The smallest absolute Gasteiger partial charge is 0.244 e. The molecule has 12 heteroatoms. The number of nitrogens with zero attached hydrogens (tertiary/aromatic N) is 4. The number of carbonyl (C=O) groups excluding carboxylic acids is 2. The molecule has 0 atom stereocenters. The fourth-order valence-corrected chi connectivity index (χ4v) is 3.79. The molecule has 0 bridgehead atoms. The fourth-order valence-electron chi connectivity index (χ4n) is 3.79. The van der Waals surface area contributed by atoms with Crippen molar-refractivity contribution in [2.75, 3.05) is 19.3 Å². The quantitative estimate of drug-likeness (QED) is 0.126. The first-order valence-electron chi connectivity index (χ1n) is 14.4. The van der Waals surface area contributed by atoms with Crippen LogP contribution in [0.25, 0.3) is 0 Å². The van der Waals surface area contributed by atoms with Gasteiger partial charge in [0.2, 0.25) is 18.1 Å². The molecule has 2 N–H and O–H groups in total. The molecule has 1 heterocycles. The van der Waals surface area contributed by atoms with Crippen LogP contribution in [0.4, 0.5) is 0 Å². The van der Waals surface area contributed by atoms with Gasteiger partial charge in [0.25, 0.3) is 0 Å². The summed E-state index contributed by atoms with van der Waals surface area (Å²) in [6, 6.07) is 0. The first-order valence-corrected chi connectivity index (χ1v) is 16.2. The van der Waals surface area contributed by atoms with E-state index in [1.54, 1.807) is 9.36 Å². The van der Waals surface area contributed by atoms with Crippen LogP contribution >= 0.6 is 0 Å². The minimum Gasteiger partial charge on any atom is -0.748 e. The Morgan fingerprint density at radius 1 is 0.789 bits per heavy atom. The molecule has 1 aromatic heterocycles. The average Bonchev–Trinajstić information content (AvgIpc) is 3.29. The molecule has 2 amide bonds. The Morgan fingerprint density at radius 2 is 1.21 bits per heavy atom. The molecule has 0 aromatic carbocycles. The van der Waals surface area contributed by atoms with Gasteiger partial charge in [-0.15, -0.1) is 4.68 Å². The van der Waals surface area contributed by atoms with Gasteiger partial charge >= 0.3 is 0 Å². The Morgan fingerprint density at radius 3 is 1.68 bits per heavy atom. The molecule has 0 aliphatic heterocycles. The van der Waals surface area contributed by atoms with E-state index in [1.807, 2.05) is 6.33 Å². The minimum atomic E-state index is -3.92. The monoisotopic (exact) mass is 560 g/mol. The van der Waals surface area contributed by atoms with E-state index in [-0.39, 0.29) is 11.8 Å². The molecule has 11 nitrogen and oxygen atoms in total. The van der Waals surface area contributed by atoms with Crippen molar-refractivity contribution >= 4 is 21.9 Å². The van der Waals surface area contributed by atoms with Gasteiger partial charge in [-0.3, -0.25) is 9.59 Å². The molecule has 0 aliphatic carbocycles. The van der Waals surface area contributed by atoms with E-state index in [0.717, 1.165) is 25.7 Å². The lowest BCUT2D eigenvalue weighted by Crippen LogP contribution is -2.42. The highest BCUT2D eigenvalue weighted by molar-refractivity contribution is 7.84. The first kappa shape index (κ1) is 35.9. The third kappa shape index (κ3) is 27.0. The van der Waals surface area contributed by atoms with Gasteiger partial charge in [-0.2, -0.15) is 0 Å². The minimum absolute atomic E-state index is 0.111. The van der Waals surface area contributed by atoms with Crippen molar-refractivity contribution in [3.05, 3.63) is 6.33 Å². The molecule has 0 fully saturated rings. The third-order valence-corrected chi connectivity index (χ3v) is 5.88. The highest BCUT2D eigenvalue weighted by atomic mass is 32.2. The zero-order valence-corrected chi connectivity index (χ0v) is 24.8. The van der Waals surface area contributed by atoms with E-state index < -0.39 is 10.1 Å². The second kappa shape index (κ2) is 24.0. The normalized spacial score (nSPS) is 11.1. The van der Waals surface area contributed by atoms with Crippen LogP contribution < -0.4 is 15.3 Å². The Bertz CT molecular complexity index is 773. The number of unbranched alkanes of at least 4 members (excludes halogenated alkanes) is 12. The molecule has 0 saturated heterocycles. The maximum absolute atomic E-state index is 11.9. The molecule has 1 aromatic rings. The van der Waals surface area contributed by atoms with Crippen molar-refractivity contribution < 1.29 is 27.2 Å². The number of hydrogen-bond donors (Lipinski definition) is 2. The van der Waals surface area contributed by atoms with Gasteiger partial charge in [-0.1, -0.05) is 95.6 Å². The highest BCUT2D eigenvalue weighted by Crippen LogP contribution is 2.09. The van der Waals surface area contributed by atoms with Crippen molar-refractivity contribution in [1.82, 2.24) is 25.7 Å². The van der Waals surface area contributed by atoms with Crippen LogP contribution in [-0.2, 0) is 32.8 Å². The number of carbonyl (C=O) groups is 2. The summed E-state index contributed by atoms with van der Waals surface area (Å²) in [5, 5.41) is 14.1. The van der Waals surface area contributed by atoms with Crippen molar-refractivity contribution in [3.8, 4) is 0 Å². The summed E-state index contributed by atoms with van der Waals surface area (Å²) in [5.74, 6) is 0.223. The number of hydrogen-bond acceptors (Lipinski definition) is 7. The molecule has 222 valence electrons. The number of nitrogens with one attached hydrogen (secondary N) is 2. The van der Waals surface area contributed by atoms with Gasteiger partial charge in [0, 0.05) is 19.1 Å². The van der Waals surface area contributed by atoms with E-state index in [2.05, 4.69) is 34.9 Å². The zero-order valence-electron chi connectivity index (χ0n) is 24.0. The van der Waals surface area contributed by atoms with Crippen LogP contribution in [0.15, 0.2) is 6.33 Å². The van der Waals surface area contributed by atoms with Crippen molar-refractivity contribution in [1.29, 1.82) is 0 Å². The second-order valence-electron chi connectivity index (χ2n) is 9.77. The van der Waals surface area contributed by atoms with Crippen LogP contribution in [0.5, 0.6) is 0 Å². The number of aromatic nitrogens is 4. The number of tetrazole rings is 1. The maximum Gasteiger partial charge on any atom is 0.244 e. The lowest BCUT2D eigenvalue weighted by Gasteiger charge is -2.04. The molecule has 0 aliphatic rings. The molecular formula is C26H52N6O5S. The van der Waals surface area contributed by atoms with Gasteiger partial charge in [-0.25, -0.2) is 8.42 Å². The van der Waals surface area contributed by atoms with Crippen molar-refractivity contribution in [2.45, 2.75) is 130 Å². The Labute approximate surface area is 230 Å². The van der Waals surface area contributed by atoms with Gasteiger partial charge in [0.1, 0.15) is 18.3 Å². The lowest BCUT2D eigenvalue weighted by molar-refractivity contribution is -0.752. The van der Waals surface area contributed by atoms with Gasteiger partial charge in [0.05, 0.1) is 23.2 Å². The summed E-state index contributed by atoms with van der Waals surface area (Å²) >= 11 is 0. The topological polar surface area (TPSA) is 150 Å². The van der Waals surface area contributed by atoms with Gasteiger partial charge in [0.15, 0.2) is 5.21 Å². The Hall–Kier alpha value is -2.08. The second-order valence-corrected chi connectivity index (χ2v) is 11.2. The van der Waals surface area contributed by atoms with Crippen LogP contribution in [0.3, 0.4) is 0 Å². The van der Waals surface area contributed by atoms with Crippen molar-refractivity contribution in [2.24, 2.45) is 0 Å². The molecule has 38 heavy (non-hydrogen) atoms. The SMILES string of the molecule is CCCCCCCCCC(=O)NCCn1c[n+](CCNC(=O)CCCCCCCCC)nn1.CS(=O)(=O)[O-]. The van der Waals surface area contributed by atoms with E-state index in [0.29, 0.717) is 45.3 Å². The summed E-state index contributed by atoms with van der Waals surface area (Å²) in [5.41, 5.74) is 0. The maximum atomic E-state index is 11.9. The predicted octanol–water partition coefficient (Wildman–Crippen LogP) is 3.24. The van der Waals surface area contributed by atoms with E-state index >= 15 is 0 Å². The third-order valence-electron chi connectivity index (χ3n) is 5.88. The van der Waals surface area contributed by atoms with Crippen LogP contribution in [0.2, 0.25) is 0 Å². The Balaban J connectivity index is 0.00000249. The summed E-state index contributed by atoms with van der Waals surface area (Å²) in [4.78, 5) is 23.9. The van der Waals surface area contributed by atoms with Gasteiger partial charge in [-0.05, 0) is 12.8 Å². The number of amides is 2. The van der Waals surface area contributed by atoms with Gasteiger partial charge < -0.3 is 15.2 Å². The van der Waals surface area contributed by atoms with Crippen LogP contribution in [-0.4, -0.2) is 59.2 Å². The molecule has 0 unspecified atom stereocenters. The zero-order chi connectivity index (χ0) is 28.5. The summed E-state index contributed by atoms with van der Waals surface area (Å²) in [6.45, 7) is 6.73. The predicted molar refractivity (Wildman–Crippen MR) is 147 cm³/mol. The summed E-state index contributed by atoms with van der Waals surface area (Å²) in [7, 11) is -3.92. The van der Waals surface area contributed by atoms with Crippen molar-refractivity contribution in [3.63, 3.8) is 0 Å². The molecule has 0 spiro atoms. The van der Waals surface area contributed by atoms with E-state index in [4.69, 9.17) is 13.0 Å². The highest BCUT2D eigenvalue weighted by Gasteiger charge is 2.09.